The highest BCUT2D eigenvalue weighted by Gasteiger charge is 2.19. The Morgan fingerprint density at radius 3 is 1.17 bits per heavy atom. The van der Waals surface area contributed by atoms with Crippen molar-refractivity contribution in [1.82, 2.24) is 19.9 Å². The quantitative estimate of drug-likeness (QED) is 0.184. The van der Waals surface area contributed by atoms with Crippen molar-refractivity contribution in [3.05, 3.63) is 156 Å². The maximum atomic E-state index is 5.77. The number of ether oxygens (including phenoxy) is 2. The summed E-state index contributed by atoms with van der Waals surface area (Å²) in [5.74, 6) is 1.32. The van der Waals surface area contributed by atoms with Crippen LogP contribution < -0.4 is 9.47 Å². The van der Waals surface area contributed by atoms with Crippen LogP contribution in [0.15, 0.2) is 133 Å². The Labute approximate surface area is 301 Å². The number of fused-ring (bicyclic) bond motifs is 8. The van der Waals surface area contributed by atoms with Crippen LogP contribution in [0.4, 0.5) is 0 Å². The van der Waals surface area contributed by atoms with Crippen LogP contribution in [0.2, 0.25) is 0 Å². The third-order valence-corrected chi connectivity index (χ3v) is 9.61. The molecule has 6 heteroatoms. The van der Waals surface area contributed by atoms with Gasteiger partial charge in [0.25, 0.3) is 0 Å². The van der Waals surface area contributed by atoms with Gasteiger partial charge in [0.2, 0.25) is 0 Å². The topological polar surface area (TPSA) is 75.8 Å². The Kier molecular flexibility index (Phi) is 7.82. The van der Waals surface area contributed by atoms with Crippen molar-refractivity contribution in [3.8, 4) is 56.0 Å². The lowest BCUT2D eigenvalue weighted by atomic mass is 10.0. The molecule has 0 amide bonds. The standard InChI is InChI=1S/C46H34N4O2/c1-51-41-27-18-32(28-42(41)52-2)46-39-25-23-37(49-39)44(30-14-8-4-9-15-30)35-21-19-33(47-35)43(29-12-6-3-7-13-29)34-20-22-36(48-34)45(31-16-10-5-11-17-31)38-24-26-40(46)50-38/h3-28,49-50H,1-2H3. The van der Waals surface area contributed by atoms with Crippen molar-refractivity contribution in [2.24, 2.45) is 0 Å². The van der Waals surface area contributed by atoms with Crippen LogP contribution in [0.25, 0.3) is 90.9 Å². The number of aromatic nitrogens is 4. The summed E-state index contributed by atoms with van der Waals surface area (Å²) >= 11 is 0. The van der Waals surface area contributed by atoms with Crippen molar-refractivity contribution in [2.45, 2.75) is 0 Å². The van der Waals surface area contributed by atoms with Crippen LogP contribution in [-0.2, 0) is 0 Å². The summed E-state index contributed by atoms with van der Waals surface area (Å²) in [5.41, 5.74) is 15.4. The summed E-state index contributed by atoms with van der Waals surface area (Å²) < 4.78 is 11.4. The molecule has 0 aliphatic carbocycles. The van der Waals surface area contributed by atoms with E-state index < -0.39 is 0 Å². The van der Waals surface area contributed by atoms with E-state index in [9.17, 15) is 0 Å². The van der Waals surface area contributed by atoms with Gasteiger partial charge in [-0.15, -0.1) is 0 Å². The first kappa shape index (κ1) is 31.1. The molecular weight excluding hydrogens is 641 g/mol. The zero-order chi connectivity index (χ0) is 35.0. The second-order valence-corrected chi connectivity index (χ2v) is 12.7. The number of aromatic amines is 2. The number of nitrogens with one attached hydrogen (secondary N) is 2. The lowest BCUT2D eigenvalue weighted by Gasteiger charge is -2.10. The smallest absolute Gasteiger partial charge is 0.161 e. The zero-order valence-corrected chi connectivity index (χ0v) is 28.7. The van der Waals surface area contributed by atoms with Crippen LogP contribution in [0, 0.1) is 0 Å². The van der Waals surface area contributed by atoms with Crippen LogP contribution >= 0.6 is 0 Å². The highest BCUT2D eigenvalue weighted by Crippen LogP contribution is 2.40. The molecule has 0 saturated heterocycles. The molecule has 6 nitrogen and oxygen atoms in total. The Morgan fingerprint density at radius 1 is 0.365 bits per heavy atom. The van der Waals surface area contributed by atoms with Gasteiger partial charge >= 0.3 is 0 Å². The molecule has 250 valence electrons. The van der Waals surface area contributed by atoms with Gasteiger partial charge in [-0.05, 0) is 83.0 Å². The summed E-state index contributed by atoms with van der Waals surface area (Å²) in [7, 11) is 3.32. The van der Waals surface area contributed by atoms with E-state index >= 15 is 0 Å². The molecule has 3 aromatic heterocycles. The number of methoxy groups -OCH3 is 2. The molecule has 4 aromatic carbocycles. The van der Waals surface area contributed by atoms with Crippen molar-refractivity contribution >= 4 is 46.4 Å². The molecule has 7 aromatic rings. The highest BCUT2D eigenvalue weighted by atomic mass is 16.5. The van der Waals surface area contributed by atoms with E-state index in [1.54, 1.807) is 14.2 Å². The normalized spacial score (nSPS) is 11.9. The first-order valence-electron chi connectivity index (χ1n) is 17.2. The monoisotopic (exact) mass is 674 g/mol. The first-order valence-corrected chi connectivity index (χ1v) is 17.2. The third-order valence-electron chi connectivity index (χ3n) is 9.61. The van der Waals surface area contributed by atoms with Gasteiger partial charge in [0.05, 0.1) is 37.0 Å². The number of H-pyrrole nitrogens is 2. The van der Waals surface area contributed by atoms with Gasteiger partial charge in [0.15, 0.2) is 11.5 Å². The molecule has 0 saturated carbocycles. The largest absolute Gasteiger partial charge is 0.493 e. The average molecular weight is 675 g/mol. The summed E-state index contributed by atoms with van der Waals surface area (Å²) in [5, 5.41) is 0. The van der Waals surface area contributed by atoms with E-state index in [0.29, 0.717) is 11.5 Å². The fourth-order valence-electron chi connectivity index (χ4n) is 7.23. The van der Waals surface area contributed by atoms with Gasteiger partial charge in [0.1, 0.15) is 0 Å². The van der Waals surface area contributed by atoms with E-state index in [-0.39, 0.29) is 0 Å². The predicted molar refractivity (Wildman–Crippen MR) is 214 cm³/mol. The molecule has 2 aliphatic heterocycles. The van der Waals surface area contributed by atoms with Gasteiger partial charge in [-0.25, -0.2) is 9.97 Å². The number of benzene rings is 4. The van der Waals surface area contributed by atoms with Gasteiger partial charge in [-0.3, -0.25) is 0 Å². The van der Waals surface area contributed by atoms with Crippen molar-refractivity contribution in [3.63, 3.8) is 0 Å². The van der Waals surface area contributed by atoms with E-state index in [1.165, 1.54) is 0 Å². The first-order chi connectivity index (χ1) is 25.7. The molecule has 52 heavy (non-hydrogen) atoms. The molecular formula is C46H34N4O2. The van der Waals surface area contributed by atoms with E-state index in [2.05, 4.69) is 137 Å². The van der Waals surface area contributed by atoms with Crippen LogP contribution in [0.5, 0.6) is 11.5 Å². The number of hydrogen-bond donors (Lipinski definition) is 2. The van der Waals surface area contributed by atoms with Crippen molar-refractivity contribution in [1.29, 1.82) is 0 Å². The predicted octanol–water partition coefficient (Wildman–Crippen LogP) is 11.3. The molecule has 2 aliphatic rings. The fraction of sp³-hybridized carbons (Fsp3) is 0.0435. The van der Waals surface area contributed by atoms with Gasteiger partial charge in [-0.2, -0.15) is 0 Å². The SMILES string of the molecule is COc1ccc(-c2c3ccc([nH]3)c(-c3ccccc3)c3nc(c(-c4ccccc4)c4nc(c(-c5ccccc5)c5ccc2[nH]5)C=C4)C=C3)cc1OC. The van der Waals surface area contributed by atoms with E-state index in [0.717, 1.165) is 89.4 Å². The summed E-state index contributed by atoms with van der Waals surface area (Å²) in [4.78, 5) is 18.3. The summed E-state index contributed by atoms with van der Waals surface area (Å²) in [6, 6.07) is 45.9. The lowest BCUT2D eigenvalue weighted by molar-refractivity contribution is 0.355. The zero-order valence-electron chi connectivity index (χ0n) is 28.7. The van der Waals surface area contributed by atoms with Crippen LogP contribution in [0.3, 0.4) is 0 Å². The second kappa shape index (κ2) is 13.1. The lowest BCUT2D eigenvalue weighted by Crippen LogP contribution is -1.92. The fourth-order valence-corrected chi connectivity index (χ4v) is 7.23. The van der Waals surface area contributed by atoms with Gasteiger partial charge in [0, 0.05) is 44.3 Å². The minimum absolute atomic E-state index is 0.652. The number of hydrogen-bond acceptors (Lipinski definition) is 4. The van der Waals surface area contributed by atoms with Crippen molar-refractivity contribution in [2.75, 3.05) is 14.2 Å². The Hall–Kier alpha value is -6.92. The highest BCUT2D eigenvalue weighted by molar-refractivity contribution is 6.00. The maximum absolute atomic E-state index is 5.77. The minimum Gasteiger partial charge on any atom is -0.493 e. The van der Waals surface area contributed by atoms with Gasteiger partial charge < -0.3 is 19.4 Å². The van der Waals surface area contributed by atoms with Crippen molar-refractivity contribution < 1.29 is 9.47 Å². The van der Waals surface area contributed by atoms with Crippen LogP contribution in [0.1, 0.15) is 22.8 Å². The van der Waals surface area contributed by atoms with Gasteiger partial charge in [-0.1, -0.05) is 97.1 Å². The molecule has 8 bridgehead atoms. The molecule has 2 N–H and O–H groups in total. The van der Waals surface area contributed by atoms with E-state index in [4.69, 9.17) is 19.4 Å². The third kappa shape index (κ3) is 5.47. The molecule has 0 unspecified atom stereocenters. The molecule has 0 atom stereocenters. The molecule has 0 spiro atoms. The molecule has 0 fully saturated rings. The molecule has 0 radical (unpaired) electrons. The van der Waals surface area contributed by atoms with E-state index in [1.807, 2.05) is 30.3 Å². The number of rotatable bonds is 6. The molecule has 5 heterocycles. The Balaban J connectivity index is 1.47. The average Bonchev–Trinajstić information content (AvgIpc) is 4.04. The Morgan fingerprint density at radius 2 is 0.750 bits per heavy atom. The second-order valence-electron chi connectivity index (χ2n) is 12.7. The minimum atomic E-state index is 0.652. The number of nitrogens with zero attached hydrogens (tertiary/aromatic N) is 2. The Bertz CT molecular complexity index is 2550. The summed E-state index contributed by atoms with van der Waals surface area (Å²) in [6.07, 6.45) is 8.44. The summed E-state index contributed by atoms with van der Waals surface area (Å²) in [6.45, 7) is 0. The maximum Gasteiger partial charge on any atom is 0.161 e. The molecule has 9 rings (SSSR count). The van der Waals surface area contributed by atoms with Crippen LogP contribution in [-0.4, -0.2) is 34.2 Å².